The van der Waals surface area contributed by atoms with E-state index in [-0.39, 0.29) is 31.1 Å². The standard InChI is InChI=1S/C18H16N2O5/c21-16(19-8-14(9-19)20-17(22)11-25-18(20)23)10-24-15-6-5-12-3-1-2-4-13(12)7-15/h1-7,14H,8-11H2. The largest absolute Gasteiger partial charge is 0.484 e. The van der Waals surface area contributed by atoms with E-state index >= 15 is 0 Å². The van der Waals surface area contributed by atoms with Crippen molar-refractivity contribution < 1.29 is 23.9 Å². The molecular formula is C18H16N2O5. The zero-order valence-electron chi connectivity index (χ0n) is 13.4. The first-order valence-electron chi connectivity index (χ1n) is 8.00. The van der Waals surface area contributed by atoms with Crippen molar-refractivity contribution in [3.05, 3.63) is 42.5 Å². The Labute approximate surface area is 143 Å². The first kappa shape index (κ1) is 15.4. The highest BCUT2D eigenvalue weighted by atomic mass is 16.6. The highest BCUT2D eigenvalue weighted by Crippen LogP contribution is 2.22. The van der Waals surface area contributed by atoms with E-state index < -0.39 is 6.09 Å². The van der Waals surface area contributed by atoms with Crippen LogP contribution in [0.3, 0.4) is 0 Å². The molecule has 128 valence electrons. The summed E-state index contributed by atoms with van der Waals surface area (Å²) in [6, 6.07) is 13.3. The summed E-state index contributed by atoms with van der Waals surface area (Å²) < 4.78 is 10.3. The van der Waals surface area contributed by atoms with Gasteiger partial charge in [-0.25, -0.2) is 9.69 Å². The maximum Gasteiger partial charge on any atom is 0.417 e. The van der Waals surface area contributed by atoms with Crippen LogP contribution < -0.4 is 4.74 Å². The molecule has 0 spiro atoms. The van der Waals surface area contributed by atoms with Crippen LogP contribution in [0.2, 0.25) is 0 Å². The molecule has 2 heterocycles. The molecule has 0 bridgehead atoms. The van der Waals surface area contributed by atoms with Gasteiger partial charge in [-0.3, -0.25) is 9.59 Å². The molecular weight excluding hydrogens is 324 g/mol. The van der Waals surface area contributed by atoms with E-state index in [2.05, 4.69) is 4.74 Å². The van der Waals surface area contributed by atoms with Crippen LogP contribution in [0, 0.1) is 0 Å². The van der Waals surface area contributed by atoms with E-state index in [0.717, 1.165) is 15.7 Å². The molecule has 0 aliphatic carbocycles. The minimum atomic E-state index is -0.630. The molecule has 0 radical (unpaired) electrons. The first-order valence-corrected chi connectivity index (χ1v) is 8.00. The molecule has 3 amide bonds. The number of hydrogen-bond acceptors (Lipinski definition) is 5. The van der Waals surface area contributed by atoms with Gasteiger partial charge < -0.3 is 14.4 Å². The Balaban J connectivity index is 1.31. The van der Waals surface area contributed by atoms with Crippen molar-refractivity contribution in [2.45, 2.75) is 6.04 Å². The molecule has 4 rings (SSSR count). The average Bonchev–Trinajstić information content (AvgIpc) is 2.91. The molecule has 2 aromatic carbocycles. The fraction of sp³-hybridized carbons (Fsp3) is 0.278. The molecule has 2 fully saturated rings. The summed E-state index contributed by atoms with van der Waals surface area (Å²) in [6.07, 6.45) is -0.630. The van der Waals surface area contributed by atoms with Gasteiger partial charge >= 0.3 is 6.09 Å². The number of likely N-dealkylation sites (tertiary alicyclic amines) is 1. The van der Waals surface area contributed by atoms with E-state index in [1.165, 1.54) is 0 Å². The van der Waals surface area contributed by atoms with Crippen LogP contribution >= 0.6 is 0 Å². The topological polar surface area (TPSA) is 76.2 Å². The molecule has 7 heteroatoms. The zero-order valence-corrected chi connectivity index (χ0v) is 13.4. The van der Waals surface area contributed by atoms with Gasteiger partial charge in [-0.1, -0.05) is 30.3 Å². The molecule has 2 aliphatic heterocycles. The number of benzene rings is 2. The van der Waals surface area contributed by atoms with Crippen LogP contribution in [0.4, 0.5) is 4.79 Å². The van der Waals surface area contributed by atoms with Gasteiger partial charge in [0, 0.05) is 13.1 Å². The number of rotatable bonds is 4. The van der Waals surface area contributed by atoms with E-state index in [1.807, 2.05) is 42.5 Å². The number of nitrogens with zero attached hydrogens (tertiary/aromatic N) is 2. The molecule has 0 N–H and O–H groups in total. The number of fused-ring (bicyclic) bond motifs is 1. The number of carbonyl (C=O) groups is 3. The predicted octanol–water partition coefficient (Wildman–Crippen LogP) is 1.41. The lowest BCUT2D eigenvalue weighted by atomic mass is 10.1. The third-order valence-corrected chi connectivity index (χ3v) is 4.45. The normalized spacial score (nSPS) is 17.6. The summed E-state index contributed by atoms with van der Waals surface area (Å²) in [5, 5.41) is 2.15. The summed E-state index contributed by atoms with van der Waals surface area (Å²) in [5.41, 5.74) is 0. The smallest absolute Gasteiger partial charge is 0.417 e. The Kier molecular flexibility index (Phi) is 3.76. The Morgan fingerprint density at radius 3 is 2.60 bits per heavy atom. The molecule has 0 atom stereocenters. The van der Waals surface area contributed by atoms with Crippen molar-refractivity contribution in [1.29, 1.82) is 0 Å². The Bertz CT molecular complexity index is 843. The maximum atomic E-state index is 12.2. The zero-order chi connectivity index (χ0) is 17.4. The van der Waals surface area contributed by atoms with Gasteiger partial charge in [0.2, 0.25) is 0 Å². The molecule has 2 aromatic rings. The lowest BCUT2D eigenvalue weighted by Crippen LogP contribution is -2.62. The van der Waals surface area contributed by atoms with Crippen LogP contribution in [0.1, 0.15) is 0 Å². The number of imide groups is 1. The highest BCUT2D eigenvalue weighted by Gasteiger charge is 2.44. The predicted molar refractivity (Wildman–Crippen MR) is 88.0 cm³/mol. The van der Waals surface area contributed by atoms with Crippen molar-refractivity contribution in [3.63, 3.8) is 0 Å². The number of cyclic esters (lactones) is 1. The second-order valence-electron chi connectivity index (χ2n) is 6.07. The molecule has 0 aromatic heterocycles. The fourth-order valence-electron chi connectivity index (χ4n) is 3.03. The Morgan fingerprint density at radius 1 is 1.12 bits per heavy atom. The number of carbonyl (C=O) groups excluding carboxylic acids is 3. The Morgan fingerprint density at radius 2 is 1.88 bits per heavy atom. The van der Waals surface area contributed by atoms with Crippen LogP contribution in [-0.4, -0.2) is 60.1 Å². The van der Waals surface area contributed by atoms with Gasteiger partial charge in [0.25, 0.3) is 11.8 Å². The Hall–Kier alpha value is -3.09. The monoisotopic (exact) mass is 340 g/mol. The van der Waals surface area contributed by atoms with E-state index in [0.29, 0.717) is 18.8 Å². The highest BCUT2D eigenvalue weighted by molar-refractivity contribution is 5.98. The van der Waals surface area contributed by atoms with Crippen molar-refractivity contribution in [3.8, 4) is 5.75 Å². The SMILES string of the molecule is O=C(COc1ccc2ccccc2c1)N1CC(N2C(=O)COC2=O)C1. The van der Waals surface area contributed by atoms with E-state index in [1.54, 1.807) is 4.90 Å². The minimum Gasteiger partial charge on any atom is -0.484 e. The summed E-state index contributed by atoms with van der Waals surface area (Å²) in [5.74, 6) is 0.0985. The quantitative estimate of drug-likeness (QED) is 0.841. The van der Waals surface area contributed by atoms with Gasteiger partial charge in [-0.15, -0.1) is 0 Å². The van der Waals surface area contributed by atoms with Gasteiger partial charge in [0.05, 0.1) is 6.04 Å². The number of amides is 3. The number of hydrogen-bond donors (Lipinski definition) is 0. The summed E-state index contributed by atoms with van der Waals surface area (Å²) in [6.45, 7) is 0.347. The van der Waals surface area contributed by atoms with Gasteiger partial charge in [-0.2, -0.15) is 0 Å². The van der Waals surface area contributed by atoms with Gasteiger partial charge in [-0.05, 0) is 22.9 Å². The van der Waals surface area contributed by atoms with Crippen LogP contribution in [-0.2, 0) is 14.3 Å². The van der Waals surface area contributed by atoms with E-state index in [9.17, 15) is 14.4 Å². The van der Waals surface area contributed by atoms with Gasteiger partial charge in [0.1, 0.15) is 5.75 Å². The van der Waals surface area contributed by atoms with Crippen LogP contribution in [0.5, 0.6) is 5.75 Å². The van der Waals surface area contributed by atoms with Crippen molar-refractivity contribution >= 4 is 28.7 Å². The average molecular weight is 340 g/mol. The second-order valence-corrected chi connectivity index (χ2v) is 6.07. The van der Waals surface area contributed by atoms with Crippen molar-refractivity contribution in [1.82, 2.24) is 9.80 Å². The molecule has 0 saturated carbocycles. The lowest BCUT2D eigenvalue weighted by molar-refractivity contribution is -0.143. The molecule has 7 nitrogen and oxygen atoms in total. The summed E-state index contributed by atoms with van der Waals surface area (Å²) >= 11 is 0. The van der Waals surface area contributed by atoms with Crippen molar-refractivity contribution in [2.75, 3.05) is 26.3 Å². The van der Waals surface area contributed by atoms with E-state index in [4.69, 9.17) is 4.74 Å². The maximum absolute atomic E-state index is 12.2. The molecule has 25 heavy (non-hydrogen) atoms. The molecule has 0 unspecified atom stereocenters. The minimum absolute atomic E-state index is 0.0799. The molecule has 2 aliphatic rings. The lowest BCUT2D eigenvalue weighted by Gasteiger charge is -2.41. The third-order valence-electron chi connectivity index (χ3n) is 4.45. The summed E-state index contributed by atoms with van der Waals surface area (Å²) in [4.78, 5) is 37.9. The summed E-state index contributed by atoms with van der Waals surface area (Å²) in [7, 11) is 0. The first-order chi connectivity index (χ1) is 12.1. The van der Waals surface area contributed by atoms with Crippen LogP contribution in [0.25, 0.3) is 10.8 Å². The molecule has 2 saturated heterocycles. The number of ether oxygens (including phenoxy) is 2. The second kappa shape index (κ2) is 6.08. The fourth-order valence-corrected chi connectivity index (χ4v) is 3.03. The van der Waals surface area contributed by atoms with Crippen molar-refractivity contribution in [2.24, 2.45) is 0 Å². The van der Waals surface area contributed by atoms with Gasteiger partial charge in [0.15, 0.2) is 13.2 Å². The van der Waals surface area contributed by atoms with Crippen LogP contribution in [0.15, 0.2) is 42.5 Å². The third kappa shape index (κ3) is 2.88.